The zero-order chi connectivity index (χ0) is 18.8. The van der Waals surface area contributed by atoms with Crippen molar-refractivity contribution in [1.82, 2.24) is 5.32 Å². The van der Waals surface area contributed by atoms with Crippen molar-refractivity contribution in [2.45, 2.75) is 32.9 Å². The summed E-state index contributed by atoms with van der Waals surface area (Å²) in [5.41, 5.74) is 6.08. The Bertz CT molecular complexity index is 804. The Labute approximate surface area is 153 Å². The molecular formula is C18H19BrF2N2O2. The van der Waals surface area contributed by atoms with Crippen LogP contribution in [0.25, 0.3) is 11.1 Å². The maximum absolute atomic E-state index is 14.2. The third-order valence-electron chi connectivity index (χ3n) is 3.27. The molecule has 0 atom stereocenters. The van der Waals surface area contributed by atoms with Crippen molar-refractivity contribution >= 4 is 27.7 Å². The van der Waals surface area contributed by atoms with Gasteiger partial charge in [0, 0.05) is 22.6 Å². The van der Waals surface area contributed by atoms with Gasteiger partial charge in [-0.2, -0.15) is 0 Å². The van der Waals surface area contributed by atoms with Gasteiger partial charge in [-0.05, 0) is 50.1 Å². The SMILES string of the molecule is CC(C)(C)OC(=O)NCc1ccc(Br)cc1-c1cc(N)c(F)cc1F. The molecule has 25 heavy (non-hydrogen) atoms. The summed E-state index contributed by atoms with van der Waals surface area (Å²) < 4.78 is 33.5. The predicted octanol–water partition coefficient (Wildman–Crippen LogP) is 5.00. The Kier molecular flexibility index (Phi) is 5.67. The number of anilines is 1. The second kappa shape index (κ2) is 7.39. The number of ether oxygens (including phenoxy) is 1. The van der Waals surface area contributed by atoms with Gasteiger partial charge < -0.3 is 15.8 Å². The van der Waals surface area contributed by atoms with Gasteiger partial charge in [-0.3, -0.25) is 0 Å². The molecule has 4 nitrogen and oxygen atoms in total. The molecule has 3 N–H and O–H groups in total. The molecule has 0 spiro atoms. The van der Waals surface area contributed by atoms with Crippen LogP contribution in [0.1, 0.15) is 26.3 Å². The molecule has 2 rings (SSSR count). The smallest absolute Gasteiger partial charge is 0.407 e. The van der Waals surface area contributed by atoms with Gasteiger partial charge in [-0.25, -0.2) is 13.6 Å². The second-order valence-electron chi connectivity index (χ2n) is 6.51. The van der Waals surface area contributed by atoms with E-state index in [-0.39, 0.29) is 17.8 Å². The normalized spacial score (nSPS) is 11.3. The summed E-state index contributed by atoms with van der Waals surface area (Å²) in [6.07, 6.45) is -0.583. The first kappa shape index (κ1) is 19.2. The van der Waals surface area contributed by atoms with Gasteiger partial charge >= 0.3 is 6.09 Å². The van der Waals surface area contributed by atoms with E-state index in [1.165, 1.54) is 6.07 Å². The number of amides is 1. The minimum Gasteiger partial charge on any atom is -0.444 e. The number of nitrogens with one attached hydrogen (secondary N) is 1. The molecule has 2 aromatic carbocycles. The van der Waals surface area contributed by atoms with E-state index in [4.69, 9.17) is 10.5 Å². The number of nitrogen functional groups attached to an aromatic ring is 1. The second-order valence-corrected chi connectivity index (χ2v) is 7.43. The summed E-state index contributed by atoms with van der Waals surface area (Å²) in [6, 6.07) is 7.16. The van der Waals surface area contributed by atoms with E-state index in [0.29, 0.717) is 15.6 Å². The Morgan fingerprint density at radius 1 is 1.16 bits per heavy atom. The fourth-order valence-electron chi connectivity index (χ4n) is 2.21. The van der Waals surface area contributed by atoms with Crippen molar-refractivity contribution in [1.29, 1.82) is 0 Å². The molecule has 0 aliphatic heterocycles. The van der Waals surface area contributed by atoms with Gasteiger partial charge in [-0.1, -0.05) is 22.0 Å². The molecule has 0 aliphatic carbocycles. The lowest BCUT2D eigenvalue weighted by molar-refractivity contribution is 0.0523. The van der Waals surface area contributed by atoms with Crippen molar-refractivity contribution in [3.05, 3.63) is 52.0 Å². The highest BCUT2D eigenvalue weighted by Crippen LogP contribution is 2.32. The van der Waals surface area contributed by atoms with Gasteiger partial charge in [-0.15, -0.1) is 0 Å². The minimum atomic E-state index is -0.815. The maximum Gasteiger partial charge on any atom is 0.407 e. The number of carbonyl (C=O) groups is 1. The zero-order valence-corrected chi connectivity index (χ0v) is 15.7. The molecule has 0 fully saturated rings. The van der Waals surface area contributed by atoms with Crippen LogP contribution < -0.4 is 11.1 Å². The van der Waals surface area contributed by atoms with Crippen LogP contribution in [0, 0.1) is 11.6 Å². The number of hydrogen-bond donors (Lipinski definition) is 2. The largest absolute Gasteiger partial charge is 0.444 e. The Hall–Kier alpha value is -2.15. The van der Waals surface area contributed by atoms with Crippen LogP contribution in [0.15, 0.2) is 34.8 Å². The predicted molar refractivity (Wildman–Crippen MR) is 97.0 cm³/mol. The molecule has 0 aromatic heterocycles. The van der Waals surface area contributed by atoms with Crippen molar-refractivity contribution in [3.63, 3.8) is 0 Å². The number of halogens is 3. The molecule has 1 amide bonds. The lowest BCUT2D eigenvalue weighted by Gasteiger charge is -2.20. The summed E-state index contributed by atoms with van der Waals surface area (Å²) in [7, 11) is 0. The quantitative estimate of drug-likeness (QED) is 0.696. The molecule has 0 unspecified atom stereocenters. The van der Waals surface area contributed by atoms with Crippen LogP contribution in [-0.2, 0) is 11.3 Å². The highest BCUT2D eigenvalue weighted by Gasteiger charge is 2.18. The highest BCUT2D eigenvalue weighted by molar-refractivity contribution is 9.10. The monoisotopic (exact) mass is 412 g/mol. The molecule has 0 radical (unpaired) electrons. The average molecular weight is 413 g/mol. The van der Waals surface area contributed by atoms with Gasteiger partial charge in [0.2, 0.25) is 0 Å². The van der Waals surface area contributed by atoms with E-state index < -0.39 is 23.3 Å². The third-order valence-corrected chi connectivity index (χ3v) is 3.76. The Balaban J connectivity index is 2.33. The first-order chi connectivity index (χ1) is 11.6. The summed E-state index contributed by atoms with van der Waals surface area (Å²) in [5.74, 6) is -1.55. The topological polar surface area (TPSA) is 64.3 Å². The molecule has 134 valence electrons. The van der Waals surface area contributed by atoms with Gasteiger partial charge in [0.1, 0.15) is 17.2 Å². The first-order valence-electron chi connectivity index (χ1n) is 7.57. The summed E-state index contributed by atoms with van der Waals surface area (Å²) >= 11 is 3.33. The number of rotatable bonds is 3. The van der Waals surface area contributed by atoms with Gasteiger partial charge in [0.15, 0.2) is 0 Å². The molecule has 0 heterocycles. The fraction of sp³-hybridized carbons (Fsp3) is 0.278. The number of carbonyl (C=O) groups excluding carboxylic acids is 1. The van der Waals surface area contributed by atoms with E-state index in [2.05, 4.69) is 21.2 Å². The zero-order valence-electron chi connectivity index (χ0n) is 14.1. The molecule has 0 saturated carbocycles. The summed E-state index contributed by atoms with van der Waals surface area (Å²) in [5, 5.41) is 2.63. The van der Waals surface area contributed by atoms with Crippen LogP contribution in [0.2, 0.25) is 0 Å². The molecule has 2 aromatic rings. The van der Waals surface area contributed by atoms with Crippen LogP contribution in [-0.4, -0.2) is 11.7 Å². The molecular weight excluding hydrogens is 394 g/mol. The number of alkyl carbamates (subject to hydrolysis) is 1. The highest BCUT2D eigenvalue weighted by atomic mass is 79.9. The molecule has 0 saturated heterocycles. The fourth-order valence-corrected chi connectivity index (χ4v) is 2.57. The van der Waals surface area contributed by atoms with Crippen LogP contribution in [0.3, 0.4) is 0 Å². The number of hydrogen-bond acceptors (Lipinski definition) is 3. The Morgan fingerprint density at radius 3 is 2.48 bits per heavy atom. The average Bonchev–Trinajstić information content (AvgIpc) is 2.48. The van der Waals surface area contributed by atoms with Gasteiger partial charge in [0.05, 0.1) is 5.69 Å². The minimum absolute atomic E-state index is 0.119. The molecule has 7 heteroatoms. The maximum atomic E-state index is 14.2. The van der Waals surface area contributed by atoms with Gasteiger partial charge in [0.25, 0.3) is 0 Å². The molecule has 0 aliphatic rings. The lowest BCUT2D eigenvalue weighted by Crippen LogP contribution is -2.32. The van der Waals surface area contributed by atoms with Crippen molar-refractivity contribution in [2.75, 3.05) is 5.73 Å². The molecule has 0 bridgehead atoms. The Morgan fingerprint density at radius 2 is 1.84 bits per heavy atom. The number of benzene rings is 2. The third kappa shape index (κ3) is 5.16. The summed E-state index contributed by atoms with van der Waals surface area (Å²) in [6.45, 7) is 5.39. The van der Waals surface area contributed by atoms with E-state index in [0.717, 1.165) is 6.07 Å². The van der Waals surface area contributed by atoms with Crippen molar-refractivity contribution in [3.8, 4) is 11.1 Å². The first-order valence-corrected chi connectivity index (χ1v) is 8.36. The van der Waals surface area contributed by atoms with E-state index in [1.807, 2.05) is 0 Å². The number of nitrogens with two attached hydrogens (primary N) is 1. The standard InChI is InChI=1S/C18H19BrF2N2O2/c1-18(2,3)25-17(24)23-9-10-4-5-11(19)6-12(10)13-7-16(22)15(21)8-14(13)20/h4-8H,9,22H2,1-3H3,(H,23,24). The van der Waals surface area contributed by atoms with E-state index >= 15 is 0 Å². The van der Waals surface area contributed by atoms with E-state index in [1.54, 1.807) is 39.0 Å². The van der Waals surface area contributed by atoms with Crippen molar-refractivity contribution < 1.29 is 18.3 Å². The van der Waals surface area contributed by atoms with Crippen LogP contribution in [0.5, 0.6) is 0 Å². The van der Waals surface area contributed by atoms with Crippen molar-refractivity contribution in [2.24, 2.45) is 0 Å². The van der Waals surface area contributed by atoms with Crippen LogP contribution >= 0.6 is 15.9 Å². The van der Waals surface area contributed by atoms with E-state index in [9.17, 15) is 13.6 Å². The lowest BCUT2D eigenvalue weighted by atomic mass is 9.98. The van der Waals surface area contributed by atoms with Crippen LogP contribution in [0.4, 0.5) is 19.3 Å². The summed E-state index contributed by atoms with van der Waals surface area (Å²) in [4.78, 5) is 11.8.